The van der Waals surface area contributed by atoms with Gasteiger partial charge in [-0.15, -0.1) is 0 Å². The Morgan fingerprint density at radius 3 is 2.77 bits per heavy atom. The summed E-state index contributed by atoms with van der Waals surface area (Å²) in [5.74, 6) is -0.877. The average molecular weight is 184 g/mol. The molecule has 0 radical (unpaired) electrons. The Hall–Kier alpha value is -1.32. The Kier molecular flexibility index (Phi) is 2.40. The normalized spacial score (nSPS) is 24.2. The van der Waals surface area contributed by atoms with E-state index < -0.39 is 17.5 Å². The van der Waals surface area contributed by atoms with Gasteiger partial charge < -0.3 is 9.47 Å². The van der Waals surface area contributed by atoms with E-state index in [1.165, 1.54) is 6.08 Å². The molecule has 1 heterocycles. The zero-order chi connectivity index (χ0) is 10.1. The molecular weight excluding hydrogens is 172 g/mol. The van der Waals surface area contributed by atoms with Crippen LogP contribution in [0.5, 0.6) is 0 Å². The van der Waals surface area contributed by atoms with Crippen LogP contribution >= 0.6 is 0 Å². The van der Waals surface area contributed by atoms with Crippen molar-refractivity contribution in [2.45, 2.75) is 20.0 Å². The second-order valence-corrected chi connectivity index (χ2v) is 3.43. The second kappa shape index (κ2) is 3.20. The molecule has 0 amide bonds. The summed E-state index contributed by atoms with van der Waals surface area (Å²) < 4.78 is 9.41. The molecule has 4 nitrogen and oxygen atoms in total. The van der Waals surface area contributed by atoms with Crippen LogP contribution in [-0.2, 0) is 19.1 Å². The van der Waals surface area contributed by atoms with Crippen LogP contribution in [0.4, 0.5) is 0 Å². The molecule has 0 aliphatic carbocycles. The molecule has 0 saturated carbocycles. The Morgan fingerprint density at radius 2 is 2.38 bits per heavy atom. The van der Waals surface area contributed by atoms with Crippen molar-refractivity contribution in [1.82, 2.24) is 0 Å². The Labute approximate surface area is 76.5 Å². The highest BCUT2D eigenvalue weighted by molar-refractivity contribution is 5.94. The summed E-state index contributed by atoms with van der Waals surface area (Å²) >= 11 is 0. The maximum absolute atomic E-state index is 11.2. The van der Waals surface area contributed by atoms with Gasteiger partial charge in [-0.2, -0.15) is 0 Å². The van der Waals surface area contributed by atoms with Gasteiger partial charge in [-0.05, 0) is 13.8 Å². The van der Waals surface area contributed by atoms with Gasteiger partial charge >= 0.3 is 11.9 Å². The highest BCUT2D eigenvalue weighted by Gasteiger charge is 2.55. The molecule has 0 unspecified atom stereocenters. The Morgan fingerprint density at radius 1 is 1.77 bits per heavy atom. The smallest absolute Gasteiger partial charge is 0.348 e. The molecule has 13 heavy (non-hydrogen) atoms. The van der Waals surface area contributed by atoms with Gasteiger partial charge in [0, 0.05) is 0 Å². The highest BCUT2D eigenvalue weighted by atomic mass is 16.6. The van der Waals surface area contributed by atoms with Gasteiger partial charge in [0.1, 0.15) is 12.0 Å². The number of hydrogen-bond donors (Lipinski definition) is 0. The molecule has 0 bridgehead atoms. The fourth-order valence-corrected chi connectivity index (χ4v) is 1.01. The van der Waals surface area contributed by atoms with Crippen LogP contribution in [0.2, 0.25) is 0 Å². The van der Waals surface area contributed by atoms with Crippen molar-refractivity contribution in [2.75, 3.05) is 6.61 Å². The highest BCUT2D eigenvalue weighted by Crippen LogP contribution is 2.35. The molecule has 4 heteroatoms. The van der Waals surface area contributed by atoms with E-state index in [1.54, 1.807) is 13.8 Å². The Bertz CT molecular complexity index is 254. The number of carbonyl (C=O) groups excluding carboxylic acids is 2. The van der Waals surface area contributed by atoms with Crippen LogP contribution in [-0.4, -0.2) is 24.6 Å². The first-order chi connectivity index (χ1) is 6.00. The predicted octanol–water partition coefficient (Wildman–Crippen LogP) is 0.667. The number of rotatable bonds is 3. The third kappa shape index (κ3) is 1.56. The lowest BCUT2D eigenvalue weighted by molar-refractivity contribution is -0.211. The van der Waals surface area contributed by atoms with Crippen molar-refractivity contribution < 1.29 is 19.1 Å². The summed E-state index contributed by atoms with van der Waals surface area (Å²) in [6.07, 6.45) is 0.700. The van der Waals surface area contributed by atoms with E-state index in [4.69, 9.17) is 4.74 Å². The number of hydrogen-bond acceptors (Lipinski definition) is 4. The predicted molar refractivity (Wildman–Crippen MR) is 44.8 cm³/mol. The summed E-state index contributed by atoms with van der Waals surface area (Å²) in [4.78, 5) is 22.1. The topological polar surface area (TPSA) is 52.6 Å². The fourth-order valence-electron chi connectivity index (χ4n) is 1.01. The van der Waals surface area contributed by atoms with Gasteiger partial charge in [0.2, 0.25) is 6.10 Å². The molecule has 72 valence electrons. The summed E-state index contributed by atoms with van der Waals surface area (Å²) in [5.41, 5.74) is -0.752. The third-order valence-electron chi connectivity index (χ3n) is 1.96. The summed E-state index contributed by atoms with van der Waals surface area (Å²) in [5, 5.41) is 0. The average Bonchev–Trinajstić information content (AvgIpc) is 2.10. The minimum Gasteiger partial charge on any atom is -0.459 e. The maximum atomic E-state index is 11.2. The zero-order valence-corrected chi connectivity index (χ0v) is 7.70. The van der Waals surface area contributed by atoms with Crippen molar-refractivity contribution in [1.29, 1.82) is 0 Å². The first-order valence-corrected chi connectivity index (χ1v) is 3.98. The molecule has 0 aromatic heterocycles. The van der Waals surface area contributed by atoms with Gasteiger partial charge in [-0.25, -0.2) is 4.79 Å². The van der Waals surface area contributed by atoms with Crippen LogP contribution in [0.15, 0.2) is 12.7 Å². The van der Waals surface area contributed by atoms with Gasteiger partial charge in [-0.1, -0.05) is 12.7 Å². The second-order valence-electron chi connectivity index (χ2n) is 3.43. The number of esters is 2. The first-order valence-electron chi connectivity index (χ1n) is 3.98. The molecular formula is C9H12O4. The third-order valence-corrected chi connectivity index (χ3v) is 1.96. The summed E-state index contributed by atoms with van der Waals surface area (Å²) in [6, 6.07) is 0. The van der Waals surface area contributed by atoms with E-state index >= 15 is 0 Å². The van der Waals surface area contributed by atoms with E-state index in [1.807, 2.05) is 0 Å². The van der Waals surface area contributed by atoms with Crippen molar-refractivity contribution in [3.63, 3.8) is 0 Å². The summed E-state index contributed by atoms with van der Waals surface area (Å²) in [7, 11) is 0. The van der Waals surface area contributed by atoms with Crippen molar-refractivity contribution in [3.8, 4) is 0 Å². The monoisotopic (exact) mass is 184 g/mol. The van der Waals surface area contributed by atoms with Crippen LogP contribution in [0.3, 0.4) is 0 Å². The molecule has 1 atom stereocenters. The van der Waals surface area contributed by atoms with Crippen molar-refractivity contribution in [2.24, 2.45) is 5.41 Å². The quantitative estimate of drug-likeness (QED) is 0.477. The molecule has 1 saturated heterocycles. The standard InChI is InChI=1S/C9H12O4/c1-4-5-12-7(10)6-9(2,3)8(11)13-6/h4,6H,1,5H2,2-3H3/t6-/m1/s1. The molecule has 1 rings (SSSR count). The SMILES string of the molecule is C=CCOC(=O)[C@H]1OC(=O)C1(C)C. The number of cyclic esters (lactones) is 1. The van der Waals surface area contributed by atoms with Crippen LogP contribution in [0.25, 0.3) is 0 Å². The molecule has 1 aliphatic heterocycles. The number of carbonyl (C=O) groups is 2. The molecule has 0 N–H and O–H groups in total. The van der Waals surface area contributed by atoms with Crippen LogP contribution in [0.1, 0.15) is 13.8 Å². The largest absolute Gasteiger partial charge is 0.459 e. The lowest BCUT2D eigenvalue weighted by Gasteiger charge is -2.39. The molecule has 0 spiro atoms. The molecule has 1 fully saturated rings. The van der Waals surface area contributed by atoms with Gasteiger partial charge in [0.15, 0.2) is 0 Å². The molecule has 0 aromatic carbocycles. The van der Waals surface area contributed by atoms with Crippen LogP contribution < -0.4 is 0 Å². The lowest BCUT2D eigenvalue weighted by Crippen LogP contribution is -2.57. The van der Waals surface area contributed by atoms with E-state index in [9.17, 15) is 9.59 Å². The van der Waals surface area contributed by atoms with E-state index in [0.29, 0.717) is 0 Å². The van der Waals surface area contributed by atoms with E-state index in [0.717, 1.165) is 0 Å². The van der Waals surface area contributed by atoms with Gasteiger partial charge in [0.25, 0.3) is 0 Å². The lowest BCUT2D eigenvalue weighted by atomic mass is 9.81. The maximum Gasteiger partial charge on any atom is 0.348 e. The van der Waals surface area contributed by atoms with E-state index in [2.05, 4.69) is 11.3 Å². The van der Waals surface area contributed by atoms with E-state index in [-0.39, 0.29) is 12.6 Å². The summed E-state index contributed by atoms with van der Waals surface area (Å²) in [6.45, 7) is 6.85. The molecule has 0 aromatic rings. The minimum atomic E-state index is -0.764. The molecule has 1 aliphatic rings. The fraction of sp³-hybridized carbons (Fsp3) is 0.556. The Balaban J connectivity index is 2.51. The van der Waals surface area contributed by atoms with Gasteiger partial charge in [-0.3, -0.25) is 4.79 Å². The van der Waals surface area contributed by atoms with Crippen LogP contribution in [0, 0.1) is 5.41 Å². The minimum absolute atomic E-state index is 0.142. The van der Waals surface area contributed by atoms with Crippen molar-refractivity contribution in [3.05, 3.63) is 12.7 Å². The number of ether oxygens (including phenoxy) is 2. The van der Waals surface area contributed by atoms with Crippen molar-refractivity contribution >= 4 is 11.9 Å². The van der Waals surface area contributed by atoms with Gasteiger partial charge in [0.05, 0.1) is 0 Å². The first kappa shape index (κ1) is 9.77. The zero-order valence-electron chi connectivity index (χ0n) is 7.70.